The highest BCUT2D eigenvalue weighted by atomic mass is 127. The van der Waals surface area contributed by atoms with Crippen molar-refractivity contribution in [1.29, 1.82) is 0 Å². The van der Waals surface area contributed by atoms with Crippen LogP contribution in [0.1, 0.15) is 19.4 Å². The molecule has 0 atom stereocenters. The van der Waals surface area contributed by atoms with E-state index in [0.717, 1.165) is 11.0 Å². The van der Waals surface area contributed by atoms with E-state index >= 15 is 0 Å². The first-order chi connectivity index (χ1) is 6.61. The standard InChI is InChI=1S/C12H19BrN.HI/c1-4-14(3,5-2)10-11-8-6-7-9-12(11)13;/h6-9H,4-5,10H2,1-3H3;1H/q+1;/p-1. The van der Waals surface area contributed by atoms with Gasteiger partial charge in [-0.2, -0.15) is 0 Å². The van der Waals surface area contributed by atoms with Crippen LogP contribution in [0.15, 0.2) is 28.7 Å². The predicted octanol–water partition coefficient (Wildman–Crippen LogP) is 0.440. The summed E-state index contributed by atoms with van der Waals surface area (Å²) < 4.78 is 2.33. The molecular weight excluding hydrogens is 365 g/mol. The molecule has 0 bridgehead atoms. The Balaban J connectivity index is 0.00000196. The van der Waals surface area contributed by atoms with Gasteiger partial charge in [-0.1, -0.05) is 34.1 Å². The van der Waals surface area contributed by atoms with Crippen LogP contribution in [-0.4, -0.2) is 24.6 Å². The molecule has 0 N–H and O–H groups in total. The van der Waals surface area contributed by atoms with Gasteiger partial charge in [0.1, 0.15) is 6.54 Å². The fourth-order valence-corrected chi connectivity index (χ4v) is 1.90. The summed E-state index contributed by atoms with van der Waals surface area (Å²) in [4.78, 5) is 0. The quantitative estimate of drug-likeness (QED) is 0.522. The molecule has 0 heterocycles. The van der Waals surface area contributed by atoms with E-state index in [1.54, 1.807) is 0 Å². The lowest BCUT2D eigenvalue weighted by Crippen LogP contribution is -3.00. The molecular formula is C12H19BrIN. The molecule has 0 saturated carbocycles. The lowest BCUT2D eigenvalue weighted by atomic mass is 10.2. The van der Waals surface area contributed by atoms with E-state index in [-0.39, 0.29) is 24.0 Å². The number of quaternary nitrogens is 1. The van der Waals surface area contributed by atoms with Crippen molar-refractivity contribution in [3.63, 3.8) is 0 Å². The maximum absolute atomic E-state index is 3.60. The third-order valence-electron chi connectivity index (χ3n) is 3.04. The molecule has 0 aromatic heterocycles. The molecule has 0 unspecified atom stereocenters. The first-order valence-electron chi connectivity index (χ1n) is 5.18. The monoisotopic (exact) mass is 383 g/mol. The van der Waals surface area contributed by atoms with E-state index in [9.17, 15) is 0 Å². The van der Waals surface area contributed by atoms with Crippen LogP contribution in [-0.2, 0) is 6.54 Å². The van der Waals surface area contributed by atoms with Gasteiger partial charge >= 0.3 is 0 Å². The van der Waals surface area contributed by atoms with Crippen LogP contribution in [0, 0.1) is 0 Å². The Morgan fingerprint density at radius 2 is 1.67 bits per heavy atom. The van der Waals surface area contributed by atoms with E-state index < -0.39 is 0 Å². The summed E-state index contributed by atoms with van der Waals surface area (Å²) in [6.45, 7) is 7.96. The summed E-state index contributed by atoms with van der Waals surface area (Å²) in [6, 6.07) is 8.49. The fraction of sp³-hybridized carbons (Fsp3) is 0.500. The van der Waals surface area contributed by atoms with Crippen LogP contribution < -0.4 is 24.0 Å². The molecule has 0 aliphatic rings. The van der Waals surface area contributed by atoms with Gasteiger partial charge in [0.05, 0.1) is 20.1 Å². The number of halogens is 2. The van der Waals surface area contributed by atoms with Crippen molar-refractivity contribution >= 4 is 15.9 Å². The Bertz CT molecular complexity index is 297. The molecule has 0 aliphatic heterocycles. The summed E-state index contributed by atoms with van der Waals surface area (Å²) in [6.07, 6.45) is 0. The smallest absolute Gasteiger partial charge is 0.105 e. The van der Waals surface area contributed by atoms with E-state index in [0.29, 0.717) is 0 Å². The zero-order valence-corrected chi connectivity index (χ0v) is 13.4. The van der Waals surface area contributed by atoms with Gasteiger partial charge in [0.15, 0.2) is 0 Å². The number of hydrogen-bond acceptors (Lipinski definition) is 0. The molecule has 0 aliphatic carbocycles. The third kappa shape index (κ3) is 4.41. The second-order valence-corrected chi connectivity index (χ2v) is 4.86. The summed E-state index contributed by atoms with van der Waals surface area (Å²) in [5.74, 6) is 0. The molecule has 3 heteroatoms. The van der Waals surface area contributed by atoms with Crippen molar-refractivity contribution in [1.82, 2.24) is 0 Å². The summed E-state index contributed by atoms with van der Waals surface area (Å²) in [5, 5.41) is 0. The second-order valence-electron chi connectivity index (χ2n) is 4.00. The maximum atomic E-state index is 3.60. The van der Waals surface area contributed by atoms with Crippen LogP contribution in [0.2, 0.25) is 0 Å². The van der Waals surface area contributed by atoms with Crippen molar-refractivity contribution in [2.24, 2.45) is 0 Å². The van der Waals surface area contributed by atoms with Crippen molar-refractivity contribution in [2.45, 2.75) is 20.4 Å². The molecule has 0 amide bonds. The normalized spacial score (nSPS) is 10.9. The van der Waals surface area contributed by atoms with Gasteiger partial charge in [-0.25, -0.2) is 0 Å². The molecule has 1 aromatic rings. The first kappa shape index (κ1) is 15.4. The van der Waals surface area contributed by atoms with Gasteiger partial charge in [0.2, 0.25) is 0 Å². The van der Waals surface area contributed by atoms with E-state index in [4.69, 9.17) is 0 Å². The lowest BCUT2D eigenvalue weighted by Gasteiger charge is -2.32. The van der Waals surface area contributed by atoms with Crippen LogP contribution >= 0.6 is 15.9 Å². The first-order valence-corrected chi connectivity index (χ1v) is 5.97. The number of nitrogens with zero attached hydrogens (tertiary/aromatic N) is 1. The molecule has 0 saturated heterocycles. The van der Waals surface area contributed by atoms with Gasteiger partial charge in [0.25, 0.3) is 0 Å². The van der Waals surface area contributed by atoms with Crippen molar-refractivity contribution in [2.75, 3.05) is 20.1 Å². The largest absolute Gasteiger partial charge is 1.00 e. The van der Waals surface area contributed by atoms with E-state index in [1.807, 2.05) is 0 Å². The number of hydrogen-bond donors (Lipinski definition) is 0. The SMILES string of the molecule is CC[N+](C)(CC)Cc1ccccc1Br.[I-]. The van der Waals surface area contributed by atoms with E-state index in [2.05, 4.69) is 61.1 Å². The van der Waals surface area contributed by atoms with Crippen LogP contribution in [0.4, 0.5) is 0 Å². The Morgan fingerprint density at radius 1 is 1.13 bits per heavy atom. The van der Waals surface area contributed by atoms with Gasteiger partial charge in [-0.15, -0.1) is 0 Å². The Hall–Kier alpha value is 0.390. The maximum Gasteiger partial charge on any atom is 0.105 e. The van der Waals surface area contributed by atoms with Crippen LogP contribution in [0.3, 0.4) is 0 Å². The molecule has 1 aromatic carbocycles. The Kier molecular flexibility index (Phi) is 7.04. The minimum Gasteiger partial charge on any atom is -1.00 e. The third-order valence-corrected chi connectivity index (χ3v) is 3.81. The van der Waals surface area contributed by atoms with Gasteiger partial charge < -0.3 is 28.5 Å². The molecule has 1 rings (SSSR count). The highest BCUT2D eigenvalue weighted by Gasteiger charge is 2.17. The average Bonchev–Trinajstić information content (AvgIpc) is 2.21. The Labute approximate surface area is 119 Å². The highest BCUT2D eigenvalue weighted by molar-refractivity contribution is 9.10. The van der Waals surface area contributed by atoms with Crippen molar-refractivity contribution in [3.8, 4) is 0 Å². The minimum atomic E-state index is 0. The minimum absolute atomic E-state index is 0. The topological polar surface area (TPSA) is 0 Å². The fourth-order valence-electron chi connectivity index (χ4n) is 1.49. The molecule has 15 heavy (non-hydrogen) atoms. The van der Waals surface area contributed by atoms with Crippen molar-refractivity contribution < 1.29 is 28.5 Å². The summed E-state index contributed by atoms with van der Waals surface area (Å²) in [7, 11) is 2.30. The van der Waals surface area contributed by atoms with Crippen LogP contribution in [0.5, 0.6) is 0 Å². The zero-order chi connectivity index (χ0) is 10.6. The molecule has 0 spiro atoms. The van der Waals surface area contributed by atoms with Crippen LogP contribution in [0.25, 0.3) is 0 Å². The highest BCUT2D eigenvalue weighted by Crippen LogP contribution is 2.20. The molecule has 0 radical (unpaired) electrons. The van der Waals surface area contributed by atoms with E-state index in [1.165, 1.54) is 23.1 Å². The average molecular weight is 384 g/mol. The summed E-state index contributed by atoms with van der Waals surface area (Å²) in [5.41, 5.74) is 1.40. The van der Waals surface area contributed by atoms with Gasteiger partial charge in [0, 0.05) is 10.0 Å². The number of rotatable bonds is 4. The molecule has 86 valence electrons. The summed E-state index contributed by atoms with van der Waals surface area (Å²) >= 11 is 3.60. The Morgan fingerprint density at radius 3 is 2.13 bits per heavy atom. The number of benzene rings is 1. The zero-order valence-electron chi connectivity index (χ0n) is 9.63. The second kappa shape index (κ2) is 6.86. The van der Waals surface area contributed by atoms with Gasteiger partial charge in [-0.3, -0.25) is 0 Å². The molecule has 0 fully saturated rings. The lowest BCUT2D eigenvalue weighted by molar-refractivity contribution is -0.919. The molecule has 1 nitrogen and oxygen atoms in total. The van der Waals surface area contributed by atoms with Crippen molar-refractivity contribution in [3.05, 3.63) is 34.3 Å². The van der Waals surface area contributed by atoms with Gasteiger partial charge in [-0.05, 0) is 19.9 Å². The predicted molar refractivity (Wildman–Crippen MR) is 65.1 cm³/mol.